The van der Waals surface area contributed by atoms with Crippen LogP contribution in [-0.4, -0.2) is 7.11 Å². The van der Waals surface area contributed by atoms with Gasteiger partial charge in [0.2, 0.25) is 0 Å². The predicted octanol–water partition coefficient (Wildman–Crippen LogP) is 4.51. The Bertz CT molecular complexity index is 441. The molecule has 0 aliphatic carbocycles. The largest absolute Gasteiger partial charge is 0.375 e. The van der Waals surface area contributed by atoms with E-state index in [2.05, 4.69) is 40.2 Å². The molecule has 0 aliphatic heterocycles. The molecular formula is C15H15BrO. The van der Waals surface area contributed by atoms with Crippen molar-refractivity contribution in [2.24, 2.45) is 0 Å². The fraction of sp³-hybridized carbons (Fsp3) is 0.200. The molecule has 2 aromatic carbocycles. The summed E-state index contributed by atoms with van der Waals surface area (Å²) in [4.78, 5) is 0.163. The molecule has 0 unspecified atom stereocenters. The van der Waals surface area contributed by atoms with Crippen molar-refractivity contribution in [2.75, 3.05) is 7.11 Å². The van der Waals surface area contributed by atoms with Crippen molar-refractivity contribution >= 4 is 15.9 Å². The Morgan fingerprint density at radius 3 is 1.76 bits per heavy atom. The average Bonchev–Trinajstić information content (AvgIpc) is 2.42. The molecule has 1 nitrogen and oxygen atoms in total. The van der Waals surface area contributed by atoms with Crippen LogP contribution in [0.4, 0.5) is 0 Å². The Kier molecular flexibility index (Phi) is 4.35. The zero-order valence-corrected chi connectivity index (χ0v) is 11.3. The van der Waals surface area contributed by atoms with Crippen molar-refractivity contribution in [1.82, 2.24) is 0 Å². The third kappa shape index (κ3) is 2.96. The van der Waals surface area contributed by atoms with E-state index in [-0.39, 0.29) is 10.9 Å². The molecule has 88 valence electrons. The lowest BCUT2D eigenvalue weighted by molar-refractivity contribution is 0.103. The molecular weight excluding hydrogens is 276 g/mol. The number of alkyl halides is 1. The summed E-state index contributed by atoms with van der Waals surface area (Å²) in [6, 6.07) is 20.6. The molecule has 0 radical (unpaired) electrons. The van der Waals surface area contributed by atoms with E-state index in [1.54, 1.807) is 7.11 Å². The highest BCUT2D eigenvalue weighted by atomic mass is 79.9. The lowest BCUT2D eigenvalue weighted by atomic mass is 10.0. The summed E-state index contributed by atoms with van der Waals surface area (Å²) in [6.45, 7) is 0. The normalized spacial score (nSPS) is 14.2. The van der Waals surface area contributed by atoms with Crippen molar-refractivity contribution in [3.8, 4) is 0 Å². The van der Waals surface area contributed by atoms with Crippen LogP contribution < -0.4 is 0 Å². The first-order chi connectivity index (χ1) is 8.33. The van der Waals surface area contributed by atoms with Crippen LogP contribution in [0.5, 0.6) is 0 Å². The summed E-state index contributed by atoms with van der Waals surface area (Å²) in [6.07, 6.45) is 0.0265. The lowest BCUT2D eigenvalue weighted by Gasteiger charge is -2.22. The van der Waals surface area contributed by atoms with Crippen LogP contribution in [-0.2, 0) is 4.74 Å². The van der Waals surface area contributed by atoms with Crippen molar-refractivity contribution in [2.45, 2.75) is 10.9 Å². The summed E-state index contributed by atoms with van der Waals surface area (Å²) in [7, 11) is 1.74. The maximum Gasteiger partial charge on any atom is 0.0986 e. The minimum Gasteiger partial charge on any atom is -0.375 e. The van der Waals surface area contributed by atoms with Gasteiger partial charge in [-0.25, -0.2) is 0 Å². The minimum atomic E-state index is 0.0265. The Hall–Kier alpha value is -1.12. The first-order valence-electron chi connectivity index (χ1n) is 5.59. The van der Waals surface area contributed by atoms with Gasteiger partial charge >= 0.3 is 0 Å². The first kappa shape index (κ1) is 12.3. The Morgan fingerprint density at radius 2 is 1.29 bits per heavy atom. The third-order valence-corrected chi connectivity index (χ3v) is 3.77. The fourth-order valence-corrected chi connectivity index (χ4v) is 2.71. The average molecular weight is 291 g/mol. The molecule has 2 aromatic rings. The summed E-state index contributed by atoms with van der Waals surface area (Å²) in [5.74, 6) is 0. The molecule has 0 aliphatic rings. The summed E-state index contributed by atoms with van der Waals surface area (Å²) in [5.41, 5.74) is 2.41. The Morgan fingerprint density at radius 1 is 0.824 bits per heavy atom. The molecule has 2 atom stereocenters. The molecule has 0 amide bonds. The monoisotopic (exact) mass is 290 g/mol. The number of methoxy groups -OCH3 is 1. The van der Waals surface area contributed by atoms with Gasteiger partial charge in [0, 0.05) is 7.11 Å². The van der Waals surface area contributed by atoms with Gasteiger partial charge < -0.3 is 4.74 Å². The topological polar surface area (TPSA) is 9.23 Å². The zero-order chi connectivity index (χ0) is 12.1. The van der Waals surface area contributed by atoms with Gasteiger partial charge in [-0.2, -0.15) is 0 Å². The first-order valence-corrected chi connectivity index (χ1v) is 6.51. The second-order valence-electron chi connectivity index (χ2n) is 3.88. The van der Waals surface area contributed by atoms with E-state index in [4.69, 9.17) is 4.74 Å². The van der Waals surface area contributed by atoms with Gasteiger partial charge in [-0.05, 0) is 11.1 Å². The Balaban J connectivity index is 2.25. The van der Waals surface area contributed by atoms with E-state index in [0.717, 1.165) is 0 Å². The molecule has 0 saturated carbocycles. The highest BCUT2D eigenvalue weighted by molar-refractivity contribution is 9.09. The van der Waals surface area contributed by atoms with Crippen molar-refractivity contribution in [3.05, 3.63) is 71.8 Å². The smallest absolute Gasteiger partial charge is 0.0986 e. The van der Waals surface area contributed by atoms with Crippen molar-refractivity contribution < 1.29 is 4.74 Å². The quantitative estimate of drug-likeness (QED) is 0.753. The van der Waals surface area contributed by atoms with Crippen LogP contribution in [0, 0.1) is 0 Å². The molecule has 0 aromatic heterocycles. The van der Waals surface area contributed by atoms with Crippen LogP contribution in [0.15, 0.2) is 60.7 Å². The van der Waals surface area contributed by atoms with E-state index in [1.165, 1.54) is 11.1 Å². The second-order valence-corrected chi connectivity index (χ2v) is 4.87. The number of benzene rings is 2. The fourth-order valence-electron chi connectivity index (χ4n) is 1.88. The maximum absolute atomic E-state index is 5.61. The molecule has 2 rings (SSSR count). The second kappa shape index (κ2) is 5.99. The van der Waals surface area contributed by atoms with Gasteiger partial charge in [0.15, 0.2) is 0 Å². The molecule has 0 saturated heterocycles. The van der Waals surface area contributed by atoms with Gasteiger partial charge in [0.05, 0.1) is 10.9 Å². The summed E-state index contributed by atoms with van der Waals surface area (Å²) < 4.78 is 5.61. The number of hydrogen-bond acceptors (Lipinski definition) is 1. The molecule has 0 heterocycles. The number of ether oxygens (including phenoxy) is 1. The van der Waals surface area contributed by atoms with Crippen molar-refractivity contribution in [3.63, 3.8) is 0 Å². The number of hydrogen-bond donors (Lipinski definition) is 0. The van der Waals surface area contributed by atoms with Gasteiger partial charge in [-0.15, -0.1) is 0 Å². The summed E-state index contributed by atoms with van der Waals surface area (Å²) >= 11 is 3.72. The molecule has 2 heteroatoms. The molecule has 0 N–H and O–H groups in total. The SMILES string of the molecule is CO[C@@H](c1ccccc1)[C@@H](Br)c1ccccc1. The van der Waals surface area contributed by atoms with E-state index in [0.29, 0.717) is 0 Å². The van der Waals surface area contributed by atoms with Crippen molar-refractivity contribution in [1.29, 1.82) is 0 Å². The van der Waals surface area contributed by atoms with Crippen LogP contribution in [0.1, 0.15) is 22.1 Å². The maximum atomic E-state index is 5.61. The lowest BCUT2D eigenvalue weighted by Crippen LogP contribution is -2.08. The predicted molar refractivity (Wildman–Crippen MR) is 74.3 cm³/mol. The van der Waals surface area contributed by atoms with Gasteiger partial charge in [0.1, 0.15) is 0 Å². The molecule has 0 spiro atoms. The van der Waals surface area contributed by atoms with Crippen LogP contribution in [0.25, 0.3) is 0 Å². The van der Waals surface area contributed by atoms with Gasteiger partial charge in [-0.1, -0.05) is 76.6 Å². The van der Waals surface area contributed by atoms with Gasteiger partial charge in [-0.3, -0.25) is 0 Å². The Labute approximate surface area is 111 Å². The zero-order valence-electron chi connectivity index (χ0n) is 9.71. The van der Waals surface area contributed by atoms with E-state index in [9.17, 15) is 0 Å². The van der Waals surface area contributed by atoms with Crippen LogP contribution in [0.3, 0.4) is 0 Å². The third-order valence-electron chi connectivity index (χ3n) is 2.77. The standard InChI is InChI=1S/C15H15BrO/c1-17-15(13-10-6-3-7-11-13)14(16)12-8-4-2-5-9-12/h2-11,14-15H,1H3/t14-,15-/m0/s1. The highest BCUT2D eigenvalue weighted by Gasteiger charge is 2.21. The minimum absolute atomic E-state index is 0.0265. The molecule has 0 bridgehead atoms. The highest BCUT2D eigenvalue weighted by Crippen LogP contribution is 2.38. The molecule has 17 heavy (non-hydrogen) atoms. The van der Waals surface area contributed by atoms with Crippen LogP contribution in [0.2, 0.25) is 0 Å². The van der Waals surface area contributed by atoms with E-state index >= 15 is 0 Å². The van der Waals surface area contributed by atoms with Gasteiger partial charge in [0.25, 0.3) is 0 Å². The van der Waals surface area contributed by atoms with E-state index < -0.39 is 0 Å². The van der Waals surface area contributed by atoms with E-state index in [1.807, 2.05) is 36.4 Å². The number of rotatable bonds is 4. The summed E-state index contributed by atoms with van der Waals surface area (Å²) in [5, 5.41) is 0. The molecule has 0 fully saturated rings. The van der Waals surface area contributed by atoms with Crippen LogP contribution >= 0.6 is 15.9 Å². The number of halogens is 1.